The first-order valence-electron chi connectivity index (χ1n) is 46.3. The van der Waals surface area contributed by atoms with Crippen LogP contribution in [0.3, 0.4) is 0 Å². The van der Waals surface area contributed by atoms with Gasteiger partial charge < -0.3 is 96.0 Å². The number of ketones is 1. The number of ether oxygens (including phenoxy) is 5. The summed E-state index contributed by atoms with van der Waals surface area (Å²) in [5.74, 6) is 1.63. The molecule has 6 aliphatic carbocycles. The van der Waals surface area contributed by atoms with Crippen LogP contribution in [0.1, 0.15) is 220 Å². The van der Waals surface area contributed by atoms with Crippen molar-refractivity contribution in [1.82, 2.24) is 63.3 Å². The van der Waals surface area contributed by atoms with E-state index in [9.17, 15) is 67.1 Å². The van der Waals surface area contributed by atoms with Crippen LogP contribution in [0, 0.1) is 42.9 Å². The number of hydrazine groups is 2. The van der Waals surface area contributed by atoms with Gasteiger partial charge in [-0.1, -0.05) is 191 Å². The zero-order chi connectivity index (χ0) is 105. The van der Waals surface area contributed by atoms with Gasteiger partial charge in [0.25, 0.3) is 29.6 Å². The number of aliphatic carboxylic acids is 2. The second-order valence-electron chi connectivity index (χ2n) is 34.9. The molecule has 7 amide bonds. The predicted octanol–water partition coefficient (Wildman–Crippen LogP) is 13.8. The van der Waals surface area contributed by atoms with Crippen LogP contribution in [-0.4, -0.2) is 191 Å². The SMILES string of the molecule is CC.CC(=O)O.CC(=O)OC(C)(C)C.CC(C)(C)OC(=O)NNC(=O)C1CC(NC(=O)c2cc(-c3ccccc3)on2)C1.CCOC(=O)C1CC(=O)C1.CCOC(=O)C1CC(N)C1.CCOC(=O)C1CC(NC(=O)c2cc(-c3ccccc3)on2)C1.Cl.NNC(=O)C1CC(NC(=O)c2cc(-c3ccccc3)on2)C1.O=C(NC1CC(C(=O)O)C1)c1cc(-c2ccccc2)on1.O=C(O)c1cc(-c2ccccc2)on1.[CH3-].[Pd]. The molecule has 0 saturated heterocycles. The minimum Gasteiger partial charge on any atom is -0.481 e. The second-order valence-corrected chi connectivity index (χ2v) is 34.9. The van der Waals surface area contributed by atoms with Gasteiger partial charge in [-0.3, -0.25) is 73.2 Å². The van der Waals surface area contributed by atoms with Crippen molar-refractivity contribution in [3.05, 3.63) is 218 Å². The van der Waals surface area contributed by atoms with E-state index in [1.54, 1.807) is 58.9 Å². The molecule has 5 aromatic carbocycles. The van der Waals surface area contributed by atoms with Crippen molar-refractivity contribution in [2.45, 2.75) is 208 Å². The number of aromatic nitrogens is 5. The van der Waals surface area contributed by atoms with Gasteiger partial charge in [0, 0.05) is 147 Å². The van der Waals surface area contributed by atoms with Crippen molar-refractivity contribution >= 4 is 102 Å². The van der Waals surface area contributed by atoms with E-state index in [0.717, 1.165) is 47.6 Å². The molecule has 6 fully saturated rings. The summed E-state index contributed by atoms with van der Waals surface area (Å²) in [5, 5.41) is 54.7. The average Bonchev–Trinajstić information content (AvgIpc) is 1.47. The van der Waals surface area contributed by atoms with Gasteiger partial charge in [0.05, 0.1) is 43.5 Å². The molecule has 0 radical (unpaired) electrons. The van der Waals surface area contributed by atoms with Gasteiger partial charge in [0.1, 0.15) is 17.0 Å². The summed E-state index contributed by atoms with van der Waals surface area (Å²) < 4.78 is 50.0. The van der Waals surface area contributed by atoms with Crippen LogP contribution in [0.25, 0.3) is 56.6 Å². The molecular formula is C102H128ClN14O28Pd-. The van der Waals surface area contributed by atoms with Gasteiger partial charge in [0.15, 0.2) is 57.3 Å². The van der Waals surface area contributed by atoms with E-state index in [-0.39, 0.29) is 205 Å². The summed E-state index contributed by atoms with van der Waals surface area (Å²) in [7, 11) is 0. The number of nitrogens with zero attached hydrogens (tertiary/aromatic N) is 5. The molecule has 14 N–H and O–H groups in total. The fraction of sp³-hybridized carbons (Fsp3) is 0.402. The topological polar surface area (TPSA) is 629 Å². The standard InChI is InChI=1S/C20H24N4O5.C17H18N2O4.C15H16N4O3.C15H14N2O4.C10H7NO3.C7H13NO2.C7H10O3.C6H12O2.C2H4O2.C2H6.CH3.ClH.Pd/c1-20(2,3)28-19(27)23-22-17(25)13-9-14(10-13)21-18(26)15-11-16(29-24-15)12-7-5-4-6-8-12;1-2-22-17(21)12-8-13(9-12)18-16(20)14-10-15(23-19-14)11-6-4-3-5-7-11;16-18-14(20)10-6-11(7-10)17-15(21)12-8-13(22-19-12)9-4-2-1-3-5-9;18-14(16-11-6-10(7-11)15(19)20)12-8-13(21-17-12)9-4-2-1-3-5-9;12-10(13)8-6-9(14-11-8)7-4-2-1-3-5-7;2*1-2-10-7(9)5-3-6(8)4-5;1-5(7)8-6(2,3)4;1-2(3)4;1-2;;;/h4-8,11,13-14H,9-10H2,1-3H3,(H,21,26)(H,22,25)(H,23,27);3-7,10,12-13H,2,8-9H2,1H3,(H,18,20);1-5,8,10-11H,6-7,16H2,(H,17,21)(H,18,20);1-5,8,10-11H,6-7H2,(H,16,18)(H,19,20);1-6H,(H,12,13);5-6H,2-4,8H2,1H3;5H,2-4H2,1H3;1-4H3;1H3,(H,3,4);1-2H3;1H3;1H;/q;;;;;;;;;;-1;;. The van der Waals surface area contributed by atoms with Crippen LogP contribution in [0.15, 0.2) is 205 Å². The van der Waals surface area contributed by atoms with Gasteiger partial charge in [-0.15, -0.1) is 12.4 Å². The molecule has 42 nitrogen and oxygen atoms in total. The molecule has 10 aromatic rings. The Morgan fingerprint density at radius 3 is 0.870 bits per heavy atom. The number of carboxylic acid groups (broad SMARTS) is 3. The molecule has 0 spiro atoms. The Kier molecular flexibility index (Phi) is 52.3. The summed E-state index contributed by atoms with van der Waals surface area (Å²) in [6.07, 6.45) is 5.89. The van der Waals surface area contributed by atoms with E-state index in [4.69, 9.17) is 78.0 Å². The molecule has 146 heavy (non-hydrogen) atoms. The molecule has 792 valence electrons. The molecule has 5 heterocycles. The largest absolute Gasteiger partial charge is 0.481 e. The minimum absolute atomic E-state index is 0. The number of carbonyl (C=O) groups excluding carboxylic acids is 12. The van der Waals surface area contributed by atoms with Crippen LogP contribution in [0.4, 0.5) is 4.79 Å². The number of nitrogens with one attached hydrogen (secondary N) is 7. The quantitative estimate of drug-likeness (QED) is 0.00538. The van der Waals surface area contributed by atoms with E-state index >= 15 is 0 Å². The molecule has 6 aliphatic rings. The monoisotopic (exact) mass is 2140 g/mol. The number of Topliss-reactive ketones (excluding diaryl/α,β-unsaturated/α-hetero) is 1. The number of hydrogen-bond acceptors (Lipinski definition) is 32. The zero-order valence-electron chi connectivity index (χ0n) is 83.4. The number of hydrogen-bond donors (Lipinski definition) is 12. The first-order valence-corrected chi connectivity index (χ1v) is 46.3. The Morgan fingerprint density at radius 1 is 0.384 bits per heavy atom. The van der Waals surface area contributed by atoms with E-state index in [1.807, 2.05) is 193 Å². The Balaban J connectivity index is 0.000000353. The molecular weight excluding hydrogens is 2010 g/mol. The van der Waals surface area contributed by atoms with Crippen LogP contribution < -0.4 is 49.1 Å². The third-order valence-electron chi connectivity index (χ3n) is 21.2. The summed E-state index contributed by atoms with van der Waals surface area (Å²) in [4.78, 5) is 167. The molecule has 0 bridgehead atoms. The molecule has 16 rings (SSSR count). The van der Waals surface area contributed by atoms with Crippen molar-refractivity contribution in [2.75, 3.05) is 19.8 Å². The van der Waals surface area contributed by atoms with Gasteiger partial charge in [-0.25, -0.2) is 20.9 Å². The zero-order valence-corrected chi connectivity index (χ0v) is 85.8. The smallest absolute Gasteiger partial charge is 0.426 e. The molecule has 0 atom stereocenters. The van der Waals surface area contributed by atoms with Gasteiger partial charge >= 0.3 is 41.9 Å². The Labute approximate surface area is 863 Å². The Bertz CT molecular complexity index is 5790. The number of benzene rings is 5. The number of esters is 4. The number of carboxylic acids is 3. The van der Waals surface area contributed by atoms with E-state index < -0.39 is 29.6 Å². The predicted molar refractivity (Wildman–Crippen MR) is 528 cm³/mol. The number of halogens is 1. The van der Waals surface area contributed by atoms with Crippen LogP contribution in [0.2, 0.25) is 0 Å². The minimum atomic E-state index is -1.09. The van der Waals surface area contributed by atoms with Crippen LogP contribution >= 0.6 is 12.4 Å². The van der Waals surface area contributed by atoms with Gasteiger partial charge in [-0.05, 0) is 127 Å². The third kappa shape index (κ3) is 42.2. The molecule has 6 saturated carbocycles. The number of rotatable bonds is 23. The summed E-state index contributed by atoms with van der Waals surface area (Å²) in [5.41, 5.74) is 16.2. The molecule has 5 aromatic heterocycles. The van der Waals surface area contributed by atoms with E-state index in [0.29, 0.717) is 113 Å². The third-order valence-corrected chi connectivity index (χ3v) is 21.2. The van der Waals surface area contributed by atoms with Gasteiger partial charge in [0.2, 0.25) is 11.8 Å². The van der Waals surface area contributed by atoms with Crippen LogP contribution in [-0.2, 0) is 87.3 Å². The second kappa shape index (κ2) is 61.9. The van der Waals surface area contributed by atoms with Crippen molar-refractivity contribution < 1.29 is 154 Å². The molecule has 0 unspecified atom stereocenters. The number of amides is 7. The Morgan fingerprint density at radius 2 is 0.637 bits per heavy atom. The fourth-order valence-electron chi connectivity index (χ4n) is 13.8. The van der Waals surface area contributed by atoms with Crippen molar-refractivity contribution in [2.24, 2.45) is 47.1 Å². The molecule has 0 aliphatic heterocycles. The van der Waals surface area contributed by atoms with Crippen LogP contribution in [0.5, 0.6) is 0 Å². The first-order chi connectivity index (χ1) is 68.1. The number of aromatic carboxylic acids is 1. The van der Waals surface area contributed by atoms with E-state index in [2.05, 4.69) is 63.3 Å². The first kappa shape index (κ1) is 123. The van der Waals surface area contributed by atoms with E-state index in [1.165, 1.54) is 13.0 Å². The van der Waals surface area contributed by atoms with Gasteiger partial charge in [-0.2, -0.15) is 0 Å². The summed E-state index contributed by atoms with van der Waals surface area (Å²) >= 11 is 0. The maximum Gasteiger partial charge on any atom is 0.426 e. The van der Waals surface area contributed by atoms with Crippen molar-refractivity contribution in [3.8, 4) is 56.6 Å². The number of nitrogens with two attached hydrogens (primary N) is 2. The fourth-order valence-corrected chi connectivity index (χ4v) is 13.8. The molecule has 44 heteroatoms. The summed E-state index contributed by atoms with van der Waals surface area (Å²) in [6.45, 7) is 23.8. The summed E-state index contributed by atoms with van der Waals surface area (Å²) in [6, 6.07) is 54.5. The normalized spacial score (nSPS) is 17.9. The maximum atomic E-state index is 12.3. The van der Waals surface area contributed by atoms with Crippen molar-refractivity contribution in [1.29, 1.82) is 0 Å². The Hall–Kier alpha value is -14.9. The number of carbonyl (C=O) groups is 15. The maximum absolute atomic E-state index is 12.3. The van der Waals surface area contributed by atoms with Crippen molar-refractivity contribution in [3.63, 3.8) is 0 Å². The average molecular weight is 2140 g/mol.